The van der Waals surface area contributed by atoms with Crippen LogP contribution in [0.15, 0.2) is 11.4 Å². The predicted molar refractivity (Wildman–Crippen MR) is 67.7 cm³/mol. The molecule has 1 aromatic heterocycles. The molecule has 0 spiro atoms. The summed E-state index contributed by atoms with van der Waals surface area (Å²) in [5, 5.41) is 13.8. The number of thiophene rings is 1. The quantitative estimate of drug-likeness (QED) is 0.917. The van der Waals surface area contributed by atoms with Gasteiger partial charge in [0.1, 0.15) is 6.07 Å². The summed E-state index contributed by atoms with van der Waals surface area (Å²) in [5.41, 5.74) is 0.641. The van der Waals surface area contributed by atoms with Crippen molar-refractivity contribution in [2.75, 3.05) is 0 Å². The Balaban J connectivity index is 1.76. The van der Waals surface area contributed by atoms with Crippen LogP contribution in [0.25, 0.3) is 0 Å². The molecule has 0 aromatic carbocycles. The van der Waals surface area contributed by atoms with Gasteiger partial charge in [0.2, 0.25) is 0 Å². The minimum absolute atomic E-state index is 0.159. The van der Waals surface area contributed by atoms with Gasteiger partial charge in [0, 0.05) is 22.8 Å². The van der Waals surface area contributed by atoms with Crippen LogP contribution in [0.5, 0.6) is 0 Å². The van der Waals surface area contributed by atoms with E-state index in [1.54, 1.807) is 5.38 Å². The first kappa shape index (κ1) is 14.4. The zero-order valence-corrected chi connectivity index (χ0v) is 11.2. The Morgan fingerprint density at radius 2 is 2.00 bits per heavy atom. The van der Waals surface area contributed by atoms with Crippen molar-refractivity contribution in [2.45, 2.75) is 44.4 Å². The molecule has 0 radical (unpaired) electrons. The smallest absolute Gasteiger partial charge is 0.309 e. The van der Waals surface area contributed by atoms with E-state index in [2.05, 4.69) is 11.4 Å². The second-order valence-electron chi connectivity index (χ2n) is 4.88. The average Bonchev–Trinajstić information content (AvgIpc) is 2.84. The first-order valence-corrected chi connectivity index (χ1v) is 7.14. The third-order valence-corrected chi connectivity index (χ3v) is 4.47. The Bertz CT molecular complexity index is 453. The van der Waals surface area contributed by atoms with Crippen LogP contribution in [-0.4, -0.2) is 12.2 Å². The summed E-state index contributed by atoms with van der Waals surface area (Å²) in [7, 11) is 0. The van der Waals surface area contributed by atoms with Crippen molar-refractivity contribution in [1.82, 2.24) is 5.32 Å². The Morgan fingerprint density at radius 3 is 2.53 bits per heavy atom. The van der Waals surface area contributed by atoms with E-state index < -0.39 is 12.1 Å². The highest BCUT2D eigenvalue weighted by Gasteiger charge is 2.41. The largest absolute Gasteiger partial charge is 0.391 e. The summed E-state index contributed by atoms with van der Waals surface area (Å²) in [5.74, 6) is -1.13. The molecule has 19 heavy (non-hydrogen) atoms. The van der Waals surface area contributed by atoms with Crippen molar-refractivity contribution in [3.63, 3.8) is 0 Å². The summed E-state index contributed by atoms with van der Waals surface area (Å²) in [6.07, 6.45) is -2.47. The van der Waals surface area contributed by atoms with Gasteiger partial charge in [0.25, 0.3) is 0 Å². The van der Waals surface area contributed by atoms with Crippen LogP contribution in [-0.2, 0) is 6.54 Å². The summed E-state index contributed by atoms with van der Waals surface area (Å²) in [6.45, 7) is 0.633. The van der Waals surface area contributed by atoms with Gasteiger partial charge in [-0.05, 0) is 31.7 Å². The van der Waals surface area contributed by atoms with E-state index in [9.17, 15) is 13.2 Å². The predicted octanol–water partition coefficient (Wildman–Crippen LogP) is 3.83. The van der Waals surface area contributed by atoms with Gasteiger partial charge in [0.15, 0.2) is 0 Å². The van der Waals surface area contributed by atoms with Gasteiger partial charge < -0.3 is 5.32 Å². The lowest BCUT2D eigenvalue weighted by molar-refractivity contribution is -0.182. The highest BCUT2D eigenvalue weighted by Crippen LogP contribution is 2.37. The number of nitriles is 1. The van der Waals surface area contributed by atoms with Crippen molar-refractivity contribution in [3.05, 3.63) is 21.9 Å². The summed E-state index contributed by atoms with van der Waals surface area (Å²) >= 11 is 1.50. The van der Waals surface area contributed by atoms with Crippen molar-refractivity contribution < 1.29 is 13.2 Å². The highest BCUT2D eigenvalue weighted by atomic mass is 32.1. The van der Waals surface area contributed by atoms with Gasteiger partial charge in [-0.2, -0.15) is 18.4 Å². The Kier molecular flexibility index (Phi) is 4.48. The van der Waals surface area contributed by atoms with Crippen LogP contribution in [0.3, 0.4) is 0 Å². The van der Waals surface area contributed by atoms with Crippen LogP contribution in [0.2, 0.25) is 0 Å². The van der Waals surface area contributed by atoms with Crippen LogP contribution >= 0.6 is 11.3 Å². The lowest BCUT2D eigenvalue weighted by Crippen LogP contribution is -2.36. The molecular formula is C13H15F3N2S. The number of hydrogen-bond acceptors (Lipinski definition) is 3. The van der Waals surface area contributed by atoms with Gasteiger partial charge in [-0.3, -0.25) is 0 Å². The molecular weight excluding hydrogens is 273 g/mol. The Hall–Kier alpha value is -1.06. The van der Waals surface area contributed by atoms with E-state index in [1.165, 1.54) is 11.3 Å². The van der Waals surface area contributed by atoms with Crippen LogP contribution < -0.4 is 5.32 Å². The van der Waals surface area contributed by atoms with Crippen molar-refractivity contribution in [3.8, 4) is 6.07 Å². The third-order valence-electron chi connectivity index (χ3n) is 3.54. The van der Waals surface area contributed by atoms with Crippen molar-refractivity contribution in [1.29, 1.82) is 5.26 Å². The fourth-order valence-corrected chi connectivity index (χ4v) is 3.16. The molecule has 104 valence electrons. The number of alkyl halides is 3. The zero-order chi connectivity index (χ0) is 13.9. The maximum absolute atomic E-state index is 12.5. The molecule has 0 unspecified atom stereocenters. The number of hydrogen-bond donors (Lipinski definition) is 1. The molecule has 0 bridgehead atoms. The first-order chi connectivity index (χ1) is 8.99. The van der Waals surface area contributed by atoms with Gasteiger partial charge in [-0.15, -0.1) is 11.3 Å². The van der Waals surface area contributed by atoms with Gasteiger partial charge in [-0.1, -0.05) is 0 Å². The van der Waals surface area contributed by atoms with Crippen LogP contribution in [0.4, 0.5) is 13.2 Å². The monoisotopic (exact) mass is 288 g/mol. The van der Waals surface area contributed by atoms with Gasteiger partial charge >= 0.3 is 6.18 Å². The molecule has 0 saturated heterocycles. The van der Waals surface area contributed by atoms with Crippen LogP contribution in [0, 0.1) is 17.2 Å². The minimum Gasteiger partial charge on any atom is -0.309 e. The molecule has 1 heterocycles. The third kappa shape index (κ3) is 3.95. The molecule has 1 aliphatic rings. The molecule has 2 nitrogen and oxygen atoms in total. The number of rotatable bonds is 3. The van der Waals surface area contributed by atoms with Crippen molar-refractivity contribution in [2.24, 2.45) is 5.92 Å². The molecule has 0 aliphatic heterocycles. The second-order valence-corrected chi connectivity index (χ2v) is 5.88. The number of halogens is 3. The molecule has 2 rings (SSSR count). The first-order valence-electron chi connectivity index (χ1n) is 6.26. The number of nitrogens with one attached hydrogen (secondary N) is 1. The summed E-state index contributed by atoms with van der Waals surface area (Å²) in [4.78, 5) is 1.05. The van der Waals surface area contributed by atoms with E-state index in [-0.39, 0.29) is 18.9 Å². The van der Waals surface area contributed by atoms with Gasteiger partial charge in [0.05, 0.1) is 11.5 Å². The van der Waals surface area contributed by atoms with Crippen LogP contribution in [0.1, 0.15) is 36.1 Å². The molecule has 1 aromatic rings. The summed E-state index contributed by atoms with van der Waals surface area (Å²) < 4.78 is 37.5. The molecule has 1 saturated carbocycles. The van der Waals surface area contributed by atoms with Gasteiger partial charge in [-0.25, -0.2) is 0 Å². The lowest BCUT2D eigenvalue weighted by atomic mass is 9.85. The van der Waals surface area contributed by atoms with E-state index in [0.29, 0.717) is 24.9 Å². The van der Waals surface area contributed by atoms with E-state index >= 15 is 0 Å². The molecule has 1 aliphatic carbocycles. The lowest BCUT2D eigenvalue weighted by Gasteiger charge is -2.30. The molecule has 0 atom stereocenters. The molecule has 1 fully saturated rings. The highest BCUT2D eigenvalue weighted by molar-refractivity contribution is 7.10. The molecule has 0 amide bonds. The normalized spacial score (nSPS) is 24.1. The van der Waals surface area contributed by atoms with E-state index in [1.807, 2.05) is 6.07 Å². The molecule has 1 N–H and O–H groups in total. The maximum atomic E-state index is 12.5. The fourth-order valence-electron chi connectivity index (χ4n) is 2.40. The maximum Gasteiger partial charge on any atom is 0.391 e. The topological polar surface area (TPSA) is 35.8 Å². The zero-order valence-electron chi connectivity index (χ0n) is 10.3. The van der Waals surface area contributed by atoms with Crippen molar-refractivity contribution >= 4 is 11.3 Å². The molecule has 6 heteroatoms. The SMILES string of the molecule is N#Cc1csc(CNC2CCC(C(F)(F)F)CC2)c1. The summed E-state index contributed by atoms with van der Waals surface area (Å²) in [6, 6.07) is 4.04. The van der Waals surface area contributed by atoms with E-state index in [4.69, 9.17) is 5.26 Å². The number of nitrogens with zero attached hydrogens (tertiary/aromatic N) is 1. The standard InChI is InChI=1S/C13H15F3N2S/c14-13(15,16)10-1-3-11(4-2-10)18-7-12-5-9(6-17)8-19-12/h5,8,10-11,18H,1-4,7H2. The Morgan fingerprint density at radius 1 is 1.32 bits per heavy atom. The fraction of sp³-hybridized carbons (Fsp3) is 0.615. The van der Waals surface area contributed by atoms with E-state index in [0.717, 1.165) is 4.88 Å². The second kappa shape index (κ2) is 5.93. The minimum atomic E-state index is -4.04. The Labute approximate surface area is 114 Å². The average molecular weight is 288 g/mol.